The number of rotatable bonds is 5. The van der Waals surface area contributed by atoms with Crippen LogP contribution in [0.25, 0.3) is 0 Å². The van der Waals surface area contributed by atoms with E-state index in [9.17, 15) is 0 Å². The molecule has 0 aliphatic carbocycles. The van der Waals surface area contributed by atoms with E-state index in [-0.39, 0.29) is 6.04 Å². The molecular formula is C14H19N3S. The molecule has 18 heavy (non-hydrogen) atoms. The van der Waals surface area contributed by atoms with Gasteiger partial charge in [0.2, 0.25) is 0 Å². The third-order valence-corrected chi connectivity index (χ3v) is 4.08. The molecule has 1 unspecified atom stereocenters. The summed E-state index contributed by atoms with van der Waals surface area (Å²) in [5.74, 6) is 0. The molecule has 2 rings (SSSR count). The van der Waals surface area contributed by atoms with Crippen molar-refractivity contribution in [3.05, 3.63) is 45.7 Å². The SMILES string of the molecule is CCc1ccsc1CNC(C)c1nccnc1C. The Morgan fingerprint density at radius 3 is 2.83 bits per heavy atom. The summed E-state index contributed by atoms with van der Waals surface area (Å²) in [6.45, 7) is 7.24. The Bertz CT molecular complexity index is 507. The predicted molar refractivity (Wildman–Crippen MR) is 75.7 cm³/mol. The lowest BCUT2D eigenvalue weighted by Crippen LogP contribution is -2.20. The third-order valence-electron chi connectivity index (χ3n) is 3.12. The van der Waals surface area contributed by atoms with E-state index in [1.807, 2.05) is 18.3 Å². The molecule has 0 aliphatic rings. The van der Waals surface area contributed by atoms with Gasteiger partial charge in [-0.3, -0.25) is 9.97 Å². The minimum atomic E-state index is 0.227. The van der Waals surface area contributed by atoms with Crippen LogP contribution < -0.4 is 5.32 Å². The van der Waals surface area contributed by atoms with Crippen LogP contribution in [0, 0.1) is 6.92 Å². The van der Waals surface area contributed by atoms with Crippen LogP contribution in [0.4, 0.5) is 0 Å². The van der Waals surface area contributed by atoms with Gasteiger partial charge in [-0.1, -0.05) is 6.92 Å². The molecule has 0 radical (unpaired) electrons. The van der Waals surface area contributed by atoms with Gasteiger partial charge in [-0.15, -0.1) is 11.3 Å². The summed E-state index contributed by atoms with van der Waals surface area (Å²) in [4.78, 5) is 10.1. The fourth-order valence-electron chi connectivity index (χ4n) is 2.02. The Morgan fingerprint density at radius 1 is 1.33 bits per heavy atom. The van der Waals surface area contributed by atoms with E-state index >= 15 is 0 Å². The third kappa shape index (κ3) is 2.94. The van der Waals surface area contributed by atoms with Crippen LogP contribution in [0.5, 0.6) is 0 Å². The fourth-order valence-corrected chi connectivity index (χ4v) is 2.95. The topological polar surface area (TPSA) is 37.8 Å². The van der Waals surface area contributed by atoms with Crippen molar-refractivity contribution in [2.45, 2.75) is 39.8 Å². The van der Waals surface area contributed by atoms with Crippen molar-refractivity contribution in [2.24, 2.45) is 0 Å². The lowest BCUT2D eigenvalue weighted by molar-refractivity contribution is 0.557. The summed E-state index contributed by atoms with van der Waals surface area (Å²) in [6.07, 6.45) is 4.59. The molecule has 1 atom stereocenters. The van der Waals surface area contributed by atoms with Gasteiger partial charge in [0, 0.05) is 29.9 Å². The first-order valence-corrected chi connectivity index (χ1v) is 7.16. The first kappa shape index (κ1) is 13.2. The molecule has 3 nitrogen and oxygen atoms in total. The fraction of sp³-hybridized carbons (Fsp3) is 0.429. The Hall–Kier alpha value is -1.26. The molecular weight excluding hydrogens is 242 g/mol. The average Bonchev–Trinajstić information content (AvgIpc) is 2.84. The highest BCUT2D eigenvalue weighted by Crippen LogP contribution is 2.19. The normalized spacial score (nSPS) is 12.6. The van der Waals surface area contributed by atoms with Gasteiger partial charge in [0.05, 0.1) is 11.4 Å². The van der Waals surface area contributed by atoms with E-state index in [4.69, 9.17) is 0 Å². The standard InChI is InChI=1S/C14H19N3S/c1-4-12-5-8-18-13(12)9-17-11(3)14-10(2)15-6-7-16-14/h5-8,11,17H,4,9H2,1-3H3. The van der Waals surface area contributed by atoms with Gasteiger partial charge in [0.25, 0.3) is 0 Å². The highest BCUT2D eigenvalue weighted by molar-refractivity contribution is 7.10. The number of hydrogen-bond donors (Lipinski definition) is 1. The molecule has 2 aromatic rings. The molecule has 0 amide bonds. The first-order valence-electron chi connectivity index (χ1n) is 6.28. The maximum Gasteiger partial charge on any atom is 0.0782 e. The molecule has 0 fully saturated rings. The zero-order chi connectivity index (χ0) is 13.0. The molecule has 2 heterocycles. The summed E-state index contributed by atoms with van der Waals surface area (Å²) in [7, 11) is 0. The summed E-state index contributed by atoms with van der Waals surface area (Å²) in [5, 5.41) is 5.69. The molecule has 4 heteroatoms. The average molecular weight is 261 g/mol. The van der Waals surface area contributed by atoms with E-state index in [1.54, 1.807) is 12.4 Å². The van der Waals surface area contributed by atoms with Crippen LogP contribution in [0.3, 0.4) is 0 Å². The van der Waals surface area contributed by atoms with Crippen LogP contribution in [0.15, 0.2) is 23.8 Å². The smallest absolute Gasteiger partial charge is 0.0782 e. The molecule has 0 spiro atoms. The van der Waals surface area contributed by atoms with E-state index in [2.05, 4.69) is 40.6 Å². The van der Waals surface area contributed by atoms with Gasteiger partial charge in [-0.05, 0) is 37.3 Å². The summed E-state index contributed by atoms with van der Waals surface area (Å²) < 4.78 is 0. The van der Waals surface area contributed by atoms with E-state index in [1.165, 1.54) is 10.4 Å². The Morgan fingerprint density at radius 2 is 2.11 bits per heavy atom. The monoisotopic (exact) mass is 261 g/mol. The largest absolute Gasteiger partial charge is 0.304 e. The van der Waals surface area contributed by atoms with Gasteiger partial charge in [-0.25, -0.2) is 0 Å². The van der Waals surface area contributed by atoms with E-state index in [0.29, 0.717) is 0 Å². The maximum absolute atomic E-state index is 4.40. The zero-order valence-electron chi connectivity index (χ0n) is 11.1. The van der Waals surface area contributed by atoms with Crippen LogP contribution >= 0.6 is 11.3 Å². The van der Waals surface area contributed by atoms with E-state index < -0.39 is 0 Å². The minimum Gasteiger partial charge on any atom is -0.304 e. The van der Waals surface area contributed by atoms with Crippen LogP contribution in [-0.4, -0.2) is 9.97 Å². The molecule has 0 bridgehead atoms. The van der Waals surface area contributed by atoms with Gasteiger partial charge >= 0.3 is 0 Å². The van der Waals surface area contributed by atoms with Crippen molar-refractivity contribution in [1.82, 2.24) is 15.3 Å². The highest BCUT2D eigenvalue weighted by Gasteiger charge is 2.11. The molecule has 96 valence electrons. The quantitative estimate of drug-likeness (QED) is 0.897. The number of hydrogen-bond acceptors (Lipinski definition) is 4. The highest BCUT2D eigenvalue weighted by atomic mass is 32.1. The maximum atomic E-state index is 4.40. The van der Waals surface area contributed by atoms with Gasteiger partial charge in [0.15, 0.2) is 0 Å². The molecule has 0 saturated heterocycles. The Kier molecular flexibility index (Phi) is 4.44. The van der Waals surface area contributed by atoms with Gasteiger partial charge in [-0.2, -0.15) is 0 Å². The number of nitrogens with zero attached hydrogens (tertiary/aromatic N) is 2. The lowest BCUT2D eigenvalue weighted by atomic mass is 10.1. The molecule has 2 aromatic heterocycles. The zero-order valence-corrected chi connectivity index (χ0v) is 11.9. The van der Waals surface area contributed by atoms with Crippen molar-refractivity contribution in [3.8, 4) is 0 Å². The number of aryl methyl sites for hydroxylation is 2. The second-order valence-corrected chi connectivity index (χ2v) is 5.35. The minimum absolute atomic E-state index is 0.227. The van der Waals surface area contributed by atoms with Crippen molar-refractivity contribution in [1.29, 1.82) is 0 Å². The Labute approximate surface area is 112 Å². The van der Waals surface area contributed by atoms with Crippen LogP contribution in [0.2, 0.25) is 0 Å². The first-order chi connectivity index (χ1) is 8.72. The van der Waals surface area contributed by atoms with Crippen molar-refractivity contribution in [3.63, 3.8) is 0 Å². The molecule has 0 aromatic carbocycles. The van der Waals surface area contributed by atoms with Crippen molar-refractivity contribution < 1.29 is 0 Å². The predicted octanol–water partition coefficient (Wildman–Crippen LogP) is 3.26. The van der Waals surface area contributed by atoms with Gasteiger partial charge < -0.3 is 5.32 Å². The van der Waals surface area contributed by atoms with Crippen molar-refractivity contribution >= 4 is 11.3 Å². The summed E-state index contributed by atoms with van der Waals surface area (Å²) >= 11 is 1.82. The van der Waals surface area contributed by atoms with Crippen LogP contribution in [0.1, 0.15) is 41.7 Å². The van der Waals surface area contributed by atoms with E-state index in [0.717, 1.165) is 24.4 Å². The summed E-state index contributed by atoms with van der Waals surface area (Å²) in [6, 6.07) is 2.44. The molecule has 0 saturated carbocycles. The lowest BCUT2D eigenvalue weighted by Gasteiger charge is -2.14. The molecule has 0 aliphatic heterocycles. The number of aromatic nitrogens is 2. The second kappa shape index (κ2) is 6.07. The number of nitrogens with one attached hydrogen (secondary N) is 1. The Balaban J connectivity index is 2.01. The molecule has 1 N–H and O–H groups in total. The summed E-state index contributed by atoms with van der Waals surface area (Å²) in [5.41, 5.74) is 3.47. The number of thiophene rings is 1. The second-order valence-electron chi connectivity index (χ2n) is 4.35. The van der Waals surface area contributed by atoms with Crippen molar-refractivity contribution in [2.75, 3.05) is 0 Å². The van der Waals surface area contributed by atoms with Gasteiger partial charge in [0.1, 0.15) is 0 Å². The van der Waals surface area contributed by atoms with Crippen LogP contribution in [-0.2, 0) is 13.0 Å².